The van der Waals surface area contributed by atoms with Crippen LogP contribution in [-0.2, 0) is 0 Å². The molecule has 7 aliphatic carbocycles. The van der Waals surface area contributed by atoms with Crippen molar-refractivity contribution in [3.8, 4) is 0 Å². The van der Waals surface area contributed by atoms with Crippen molar-refractivity contribution in [2.75, 3.05) is 0 Å². The van der Waals surface area contributed by atoms with E-state index in [9.17, 15) is 0 Å². The molecule has 6 atom stereocenters. The molecule has 4 heteroatoms. The minimum atomic E-state index is -0.266. The molecule has 250 valence electrons. The zero-order valence-electron chi connectivity index (χ0n) is 28.7. The van der Waals surface area contributed by atoms with Crippen LogP contribution < -0.4 is 5.32 Å². The molecule has 0 spiro atoms. The molecule has 51 heavy (non-hydrogen) atoms. The Morgan fingerprint density at radius 3 is 2.29 bits per heavy atom. The molecule has 0 radical (unpaired) electrons. The molecule has 4 nitrogen and oxygen atoms in total. The predicted molar refractivity (Wildman–Crippen MR) is 209 cm³/mol. The maximum Gasteiger partial charge on any atom is 0.169 e. The van der Waals surface area contributed by atoms with E-state index in [0.29, 0.717) is 11.8 Å². The van der Waals surface area contributed by atoms with Crippen LogP contribution in [0.1, 0.15) is 78.1 Å². The number of fused-ring (bicyclic) bond motifs is 5. The van der Waals surface area contributed by atoms with E-state index in [2.05, 4.69) is 151 Å². The van der Waals surface area contributed by atoms with E-state index in [4.69, 9.17) is 14.4 Å². The Hall–Kier alpha value is -5.48. The summed E-state index contributed by atoms with van der Waals surface area (Å²) in [5.41, 5.74) is 10.4. The van der Waals surface area contributed by atoms with Crippen LogP contribution in [0.3, 0.4) is 0 Å². The van der Waals surface area contributed by atoms with Crippen LogP contribution in [-0.4, -0.2) is 17.8 Å². The molecular weight excluding hydrogens is 623 g/mol. The number of benzene rings is 1. The third-order valence-corrected chi connectivity index (χ3v) is 11.5. The monoisotopic (exact) mass is 663 g/mol. The normalized spacial score (nSPS) is 29.6. The van der Waals surface area contributed by atoms with Crippen molar-refractivity contribution in [3.05, 3.63) is 190 Å². The van der Waals surface area contributed by atoms with E-state index in [1.807, 2.05) is 0 Å². The van der Waals surface area contributed by atoms with Gasteiger partial charge >= 0.3 is 0 Å². The van der Waals surface area contributed by atoms with Crippen molar-refractivity contribution in [3.63, 3.8) is 0 Å². The van der Waals surface area contributed by atoms with Crippen molar-refractivity contribution in [2.24, 2.45) is 21.8 Å². The van der Waals surface area contributed by atoms with E-state index in [0.717, 1.165) is 55.3 Å². The Morgan fingerprint density at radius 1 is 0.706 bits per heavy atom. The summed E-state index contributed by atoms with van der Waals surface area (Å²) in [5, 5.41) is 3.68. The van der Waals surface area contributed by atoms with E-state index in [-0.39, 0.29) is 23.9 Å². The minimum absolute atomic E-state index is 0.0357. The van der Waals surface area contributed by atoms with Gasteiger partial charge in [0.05, 0.1) is 11.8 Å². The second-order valence-electron chi connectivity index (χ2n) is 14.6. The third kappa shape index (κ3) is 5.45. The molecule has 0 saturated heterocycles. The van der Waals surface area contributed by atoms with Crippen molar-refractivity contribution in [2.45, 2.75) is 56.0 Å². The average Bonchev–Trinajstić information content (AvgIpc) is 3.95. The van der Waals surface area contributed by atoms with Gasteiger partial charge in [-0.3, -0.25) is 0 Å². The number of allylic oxidation sites excluding steroid dienone is 17. The van der Waals surface area contributed by atoms with Gasteiger partial charge < -0.3 is 9.73 Å². The van der Waals surface area contributed by atoms with Crippen molar-refractivity contribution in [1.29, 1.82) is 0 Å². The molecule has 0 fully saturated rings. The van der Waals surface area contributed by atoms with E-state index < -0.39 is 0 Å². The fourth-order valence-corrected chi connectivity index (χ4v) is 8.83. The van der Waals surface area contributed by atoms with Crippen LogP contribution in [0.4, 0.5) is 0 Å². The molecule has 10 rings (SSSR count). The lowest BCUT2D eigenvalue weighted by Gasteiger charge is -2.31. The second-order valence-corrected chi connectivity index (χ2v) is 14.6. The van der Waals surface area contributed by atoms with Crippen LogP contribution in [0.15, 0.2) is 176 Å². The Kier molecular flexibility index (Phi) is 7.55. The highest BCUT2D eigenvalue weighted by Gasteiger charge is 2.39. The van der Waals surface area contributed by atoms with Crippen molar-refractivity contribution < 1.29 is 4.42 Å². The van der Waals surface area contributed by atoms with Gasteiger partial charge in [-0.05, 0) is 71.6 Å². The summed E-state index contributed by atoms with van der Waals surface area (Å²) in [6.45, 7) is 0. The molecule has 0 bridgehead atoms. The number of rotatable bonds is 6. The number of hydrogen-bond donors (Lipinski definition) is 1. The first-order valence-corrected chi connectivity index (χ1v) is 18.7. The minimum Gasteiger partial charge on any atom is -0.463 e. The van der Waals surface area contributed by atoms with Crippen molar-refractivity contribution >= 4 is 23.8 Å². The Balaban J connectivity index is 0.947. The molecule has 1 N–H and O–H groups in total. The number of hydrogen-bond acceptors (Lipinski definition) is 4. The van der Waals surface area contributed by atoms with Gasteiger partial charge in [0.2, 0.25) is 0 Å². The zero-order valence-corrected chi connectivity index (χ0v) is 28.7. The number of nitrogens with zero attached hydrogens (tertiary/aromatic N) is 2. The predicted octanol–water partition coefficient (Wildman–Crippen LogP) is 10.7. The molecule has 8 aliphatic rings. The van der Waals surface area contributed by atoms with Gasteiger partial charge in [0.15, 0.2) is 6.17 Å². The third-order valence-electron chi connectivity index (χ3n) is 11.5. The molecular formula is C47H41N3O. The summed E-state index contributed by atoms with van der Waals surface area (Å²) in [6, 6.07) is 10.8. The van der Waals surface area contributed by atoms with E-state index in [1.54, 1.807) is 0 Å². The van der Waals surface area contributed by atoms with Crippen LogP contribution in [0.5, 0.6) is 0 Å². The van der Waals surface area contributed by atoms with E-state index >= 15 is 0 Å². The molecule has 1 aromatic heterocycles. The highest BCUT2D eigenvalue weighted by atomic mass is 16.3. The molecule has 1 aliphatic heterocycles. The smallest absolute Gasteiger partial charge is 0.169 e. The quantitative estimate of drug-likeness (QED) is 0.334. The first-order valence-electron chi connectivity index (χ1n) is 18.7. The van der Waals surface area contributed by atoms with Gasteiger partial charge in [0.1, 0.15) is 23.2 Å². The second kappa shape index (κ2) is 12.7. The van der Waals surface area contributed by atoms with Gasteiger partial charge in [-0.2, -0.15) is 0 Å². The summed E-state index contributed by atoms with van der Waals surface area (Å²) in [5.74, 6) is 5.12. The molecule has 2 aromatic rings. The summed E-state index contributed by atoms with van der Waals surface area (Å²) < 4.78 is 6.90. The lowest BCUT2D eigenvalue weighted by Crippen LogP contribution is -2.41. The van der Waals surface area contributed by atoms with Gasteiger partial charge in [-0.1, -0.05) is 140 Å². The molecule has 2 heterocycles. The lowest BCUT2D eigenvalue weighted by atomic mass is 9.72. The molecule has 0 saturated carbocycles. The van der Waals surface area contributed by atoms with Crippen LogP contribution >= 0.6 is 0 Å². The fraction of sp³-hybridized carbons (Fsp3) is 0.234. The van der Waals surface area contributed by atoms with Gasteiger partial charge in [0, 0.05) is 28.9 Å². The van der Waals surface area contributed by atoms with Crippen LogP contribution in [0.25, 0.3) is 12.2 Å². The highest BCUT2D eigenvalue weighted by molar-refractivity contribution is 6.12. The summed E-state index contributed by atoms with van der Waals surface area (Å²) in [6.07, 6.45) is 48.2. The molecule has 0 amide bonds. The van der Waals surface area contributed by atoms with Crippen LogP contribution in [0.2, 0.25) is 0 Å². The summed E-state index contributed by atoms with van der Waals surface area (Å²) >= 11 is 0. The fourth-order valence-electron chi connectivity index (χ4n) is 8.83. The lowest BCUT2D eigenvalue weighted by molar-refractivity contribution is 0.426. The van der Waals surface area contributed by atoms with E-state index in [1.165, 1.54) is 44.6 Å². The average molecular weight is 664 g/mol. The van der Waals surface area contributed by atoms with Gasteiger partial charge in [-0.15, -0.1) is 0 Å². The topological polar surface area (TPSA) is 49.9 Å². The Labute approximate surface area is 300 Å². The highest BCUT2D eigenvalue weighted by Crippen LogP contribution is 2.52. The van der Waals surface area contributed by atoms with Crippen LogP contribution in [0, 0.1) is 11.8 Å². The van der Waals surface area contributed by atoms with Gasteiger partial charge in [0.25, 0.3) is 0 Å². The first-order chi connectivity index (χ1) is 25.3. The standard InChI is InChI=1S/C47H41N3O/c1-4-12-30(13-5-1)31-20-22-34(23-21-31)46-48-45(33-16-8-3-9-17-33)49-47(50-46)36-25-24-35(28-36)37-26-27-40-42-29-41(32-14-6-2-7-15-32)38-18-10-11-19-39(38)44(42)51-43(37)40/h1-6,8,10-14,16,18-20,22-29,31,36-39,46H,7,9,15,17,21H2,(H,48,49,50)/t31-,36?,37?,38?,39?,46?/m1/s1. The number of nitrogens with one attached hydrogen (secondary N) is 1. The first kappa shape index (κ1) is 30.4. The summed E-state index contributed by atoms with van der Waals surface area (Å²) in [7, 11) is 0. The molecule has 1 aromatic carbocycles. The zero-order chi connectivity index (χ0) is 33.7. The maximum atomic E-state index is 6.90. The number of aliphatic imine (C=N–C) groups is 2. The van der Waals surface area contributed by atoms with Gasteiger partial charge in [-0.25, -0.2) is 9.98 Å². The largest absolute Gasteiger partial charge is 0.463 e. The maximum absolute atomic E-state index is 6.90. The SMILES string of the molecule is C1=CCCC(C2=Cc3c(oc4c3C=CC4C3=CC(C4=NC(C5=CC[C@H](c6ccccc6)C=C5)N=C(C5=CC=CCC5)N4)C=C3)C3C=CC=CC23)=C1. The number of amidine groups is 2. The Bertz CT molecular complexity index is 2230. The summed E-state index contributed by atoms with van der Waals surface area (Å²) in [4.78, 5) is 10.5. The molecule has 5 unspecified atom stereocenters. The van der Waals surface area contributed by atoms with Crippen molar-refractivity contribution in [1.82, 2.24) is 5.32 Å². The Morgan fingerprint density at radius 2 is 1.51 bits per heavy atom. The number of furan rings is 1.